The van der Waals surface area contributed by atoms with Crippen LogP contribution in [0.2, 0.25) is 0 Å². The van der Waals surface area contributed by atoms with E-state index in [0.29, 0.717) is 25.3 Å². The van der Waals surface area contributed by atoms with Crippen LogP contribution in [0, 0.1) is 5.41 Å². The maximum atomic E-state index is 12.9. The first-order chi connectivity index (χ1) is 11.2. The monoisotopic (exact) mass is 336 g/mol. The molecule has 3 N–H and O–H groups in total. The quantitative estimate of drug-likeness (QED) is 0.829. The van der Waals surface area contributed by atoms with E-state index in [4.69, 9.17) is 15.2 Å². The van der Waals surface area contributed by atoms with Crippen molar-refractivity contribution in [2.75, 3.05) is 20.8 Å². The van der Waals surface area contributed by atoms with Crippen molar-refractivity contribution in [2.24, 2.45) is 11.1 Å². The molecule has 0 saturated heterocycles. The van der Waals surface area contributed by atoms with E-state index in [9.17, 15) is 9.90 Å². The molecular formula is C18H28N2O4. The number of carbonyl (C=O) groups excluding carboxylic acids is 1. The van der Waals surface area contributed by atoms with E-state index in [-0.39, 0.29) is 17.8 Å². The largest absolute Gasteiger partial charge is 0.504 e. The average molecular weight is 336 g/mol. The molecule has 2 rings (SSSR count). The zero-order valence-corrected chi connectivity index (χ0v) is 15.1. The van der Waals surface area contributed by atoms with Crippen molar-refractivity contribution in [1.29, 1.82) is 0 Å². The number of benzene rings is 1. The first-order valence-electron chi connectivity index (χ1n) is 8.19. The lowest BCUT2D eigenvalue weighted by Crippen LogP contribution is -2.75. The fourth-order valence-electron chi connectivity index (χ4n) is 3.30. The van der Waals surface area contributed by atoms with Crippen LogP contribution in [0.5, 0.6) is 11.5 Å². The molecule has 2 atom stereocenters. The molecule has 6 nitrogen and oxygen atoms in total. The minimum absolute atomic E-state index is 0.00128. The van der Waals surface area contributed by atoms with Gasteiger partial charge in [-0.05, 0) is 24.6 Å². The molecule has 0 aromatic heterocycles. The number of nitrogens with two attached hydrogens (primary N) is 1. The molecule has 0 bridgehead atoms. The number of ether oxygens (including phenoxy) is 2. The first-order valence-corrected chi connectivity index (χ1v) is 8.19. The van der Waals surface area contributed by atoms with E-state index in [1.807, 2.05) is 20.8 Å². The molecule has 0 heterocycles. The van der Waals surface area contributed by atoms with Crippen LogP contribution >= 0.6 is 0 Å². The lowest BCUT2D eigenvalue weighted by Gasteiger charge is -2.58. The second kappa shape index (κ2) is 6.61. The molecule has 1 aliphatic rings. The summed E-state index contributed by atoms with van der Waals surface area (Å²) in [4.78, 5) is 14.5. The van der Waals surface area contributed by atoms with E-state index < -0.39 is 11.0 Å². The molecule has 1 saturated carbocycles. The van der Waals surface area contributed by atoms with E-state index >= 15 is 0 Å². The van der Waals surface area contributed by atoms with Gasteiger partial charge in [0.2, 0.25) is 5.91 Å². The van der Waals surface area contributed by atoms with Crippen LogP contribution in [0.25, 0.3) is 0 Å². The van der Waals surface area contributed by atoms with Gasteiger partial charge in [0.25, 0.3) is 0 Å². The Kier molecular flexibility index (Phi) is 5.11. The number of aromatic hydroxyl groups is 1. The first kappa shape index (κ1) is 18.5. The second-order valence-electron chi connectivity index (χ2n) is 7.01. The highest BCUT2D eigenvalue weighted by Gasteiger charge is 2.63. The number of rotatable bonds is 6. The lowest BCUT2D eigenvalue weighted by atomic mass is 9.54. The molecule has 1 aromatic carbocycles. The van der Waals surface area contributed by atoms with Crippen molar-refractivity contribution >= 4 is 5.91 Å². The molecule has 134 valence electrons. The van der Waals surface area contributed by atoms with Gasteiger partial charge < -0.3 is 25.2 Å². The summed E-state index contributed by atoms with van der Waals surface area (Å²) in [7, 11) is 3.23. The number of likely N-dealkylation sites (N-methyl/N-ethyl adjacent to an activating group) is 1. The fraction of sp³-hybridized carbons (Fsp3) is 0.611. The molecule has 1 aromatic rings. The number of hydrogen-bond acceptors (Lipinski definition) is 5. The number of nitrogens with zero attached hydrogens (tertiary/aromatic N) is 1. The van der Waals surface area contributed by atoms with Gasteiger partial charge in [0.05, 0.1) is 13.2 Å². The summed E-state index contributed by atoms with van der Waals surface area (Å²) in [6.07, 6.45) is 0.522. The Hall–Kier alpha value is -1.79. The van der Waals surface area contributed by atoms with Crippen molar-refractivity contribution < 1.29 is 19.4 Å². The summed E-state index contributed by atoms with van der Waals surface area (Å²) in [5, 5.41) is 9.66. The Bertz CT molecular complexity index is 617. The Labute approximate surface area is 143 Å². The summed E-state index contributed by atoms with van der Waals surface area (Å²) >= 11 is 0. The normalized spacial score (nSPS) is 25.0. The van der Waals surface area contributed by atoms with Crippen LogP contribution in [0.15, 0.2) is 18.2 Å². The lowest BCUT2D eigenvalue weighted by molar-refractivity contribution is -0.178. The molecule has 0 spiro atoms. The van der Waals surface area contributed by atoms with Crippen LogP contribution in [-0.4, -0.2) is 48.3 Å². The minimum Gasteiger partial charge on any atom is -0.504 e. The van der Waals surface area contributed by atoms with Crippen LogP contribution in [0.4, 0.5) is 0 Å². The van der Waals surface area contributed by atoms with E-state index in [0.717, 1.165) is 5.56 Å². The second-order valence-corrected chi connectivity index (χ2v) is 7.01. The molecule has 1 fully saturated rings. The number of amides is 1. The molecule has 6 heteroatoms. The summed E-state index contributed by atoms with van der Waals surface area (Å²) in [5.41, 5.74) is 5.96. The molecule has 2 unspecified atom stereocenters. The van der Waals surface area contributed by atoms with Crippen molar-refractivity contribution in [2.45, 2.75) is 45.4 Å². The number of methoxy groups -OCH3 is 1. The number of phenols is 1. The Balaban J connectivity index is 2.10. The van der Waals surface area contributed by atoms with Gasteiger partial charge in [-0.15, -0.1) is 0 Å². The van der Waals surface area contributed by atoms with Crippen molar-refractivity contribution in [3.8, 4) is 11.5 Å². The van der Waals surface area contributed by atoms with Crippen LogP contribution in [-0.2, 0) is 16.1 Å². The topological polar surface area (TPSA) is 85.0 Å². The van der Waals surface area contributed by atoms with Crippen molar-refractivity contribution in [3.63, 3.8) is 0 Å². The van der Waals surface area contributed by atoms with Gasteiger partial charge in [-0.2, -0.15) is 0 Å². The summed E-state index contributed by atoms with van der Waals surface area (Å²) in [6, 6.07) is 5.04. The van der Waals surface area contributed by atoms with Gasteiger partial charge in [-0.1, -0.05) is 19.9 Å². The standard InChI is InChI=1S/C18H28N2O4/c1-6-24-15-10-18(19,17(15,2)3)16(22)20(4)11-12-7-8-13(21)14(9-12)23-5/h7-9,15,21H,6,10-11,19H2,1-5H3. The predicted octanol–water partition coefficient (Wildman–Crippen LogP) is 1.89. The summed E-state index contributed by atoms with van der Waals surface area (Å²) < 4.78 is 10.8. The smallest absolute Gasteiger partial charge is 0.243 e. The third kappa shape index (κ3) is 2.96. The Morgan fingerprint density at radius 1 is 1.46 bits per heavy atom. The van der Waals surface area contributed by atoms with Gasteiger partial charge in [0.15, 0.2) is 11.5 Å². The highest BCUT2D eigenvalue weighted by molar-refractivity contribution is 5.88. The van der Waals surface area contributed by atoms with Crippen LogP contribution < -0.4 is 10.5 Å². The molecule has 0 radical (unpaired) electrons. The third-order valence-electron chi connectivity index (χ3n) is 5.22. The summed E-state index contributed by atoms with van der Waals surface area (Å²) in [6.45, 7) is 6.91. The molecular weight excluding hydrogens is 308 g/mol. The SMILES string of the molecule is CCOC1CC(N)(C(=O)N(C)Cc2ccc(O)c(OC)c2)C1(C)C. The van der Waals surface area contributed by atoms with Gasteiger partial charge in [0.1, 0.15) is 5.54 Å². The van der Waals surface area contributed by atoms with Gasteiger partial charge in [-0.3, -0.25) is 4.79 Å². The summed E-state index contributed by atoms with van der Waals surface area (Å²) in [5.74, 6) is 0.358. The van der Waals surface area contributed by atoms with Crippen LogP contribution in [0.3, 0.4) is 0 Å². The van der Waals surface area contributed by atoms with E-state index in [2.05, 4.69) is 0 Å². The Morgan fingerprint density at radius 3 is 2.67 bits per heavy atom. The molecule has 1 aliphatic carbocycles. The predicted molar refractivity (Wildman–Crippen MR) is 91.9 cm³/mol. The van der Waals surface area contributed by atoms with Crippen molar-refractivity contribution in [3.05, 3.63) is 23.8 Å². The Morgan fingerprint density at radius 2 is 2.12 bits per heavy atom. The van der Waals surface area contributed by atoms with Gasteiger partial charge >= 0.3 is 0 Å². The zero-order chi connectivity index (χ0) is 18.1. The van der Waals surface area contributed by atoms with E-state index in [1.165, 1.54) is 7.11 Å². The number of carbonyl (C=O) groups is 1. The van der Waals surface area contributed by atoms with Gasteiger partial charge in [-0.25, -0.2) is 0 Å². The highest BCUT2D eigenvalue weighted by Crippen LogP contribution is 2.50. The van der Waals surface area contributed by atoms with Gasteiger partial charge in [0, 0.05) is 32.0 Å². The van der Waals surface area contributed by atoms with Crippen molar-refractivity contribution in [1.82, 2.24) is 4.90 Å². The van der Waals surface area contributed by atoms with E-state index in [1.54, 1.807) is 30.1 Å². The third-order valence-corrected chi connectivity index (χ3v) is 5.22. The molecule has 0 aliphatic heterocycles. The number of phenolic OH excluding ortho intramolecular Hbond substituents is 1. The highest BCUT2D eigenvalue weighted by atomic mass is 16.5. The maximum absolute atomic E-state index is 12.9. The van der Waals surface area contributed by atoms with Crippen LogP contribution in [0.1, 0.15) is 32.8 Å². The minimum atomic E-state index is -0.928. The molecule has 24 heavy (non-hydrogen) atoms. The average Bonchev–Trinajstić information content (AvgIpc) is 2.55. The number of hydrogen-bond donors (Lipinski definition) is 2. The fourth-order valence-corrected chi connectivity index (χ4v) is 3.30. The molecule has 1 amide bonds. The maximum Gasteiger partial charge on any atom is 0.243 e. The zero-order valence-electron chi connectivity index (χ0n) is 15.1.